The SMILES string of the molecule is CC(C)N1CCN(c2nnccc2CN)CC1. The van der Waals surface area contributed by atoms with E-state index in [0.29, 0.717) is 12.6 Å². The van der Waals surface area contributed by atoms with Gasteiger partial charge in [-0.05, 0) is 19.9 Å². The van der Waals surface area contributed by atoms with Gasteiger partial charge in [0.25, 0.3) is 0 Å². The maximum Gasteiger partial charge on any atom is 0.155 e. The smallest absolute Gasteiger partial charge is 0.155 e. The van der Waals surface area contributed by atoms with Gasteiger partial charge in [0.2, 0.25) is 0 Å². The number of nitrogens with two attached hydrogens (primary N) is 1. The Bertz CT molecular complexity index is 358. The molecule has 1 fully saturated rings. The standard InChI is InChI=1S/C12H21N5/c1-10(2)16-5-7-17(8-6-16)12-11(9-13)3-4-14-15-12/h3-4,10H,5-9,13H2,1-2H3. The minimum absolute atomic E-state index is 0.523. The van der Waals surface area contributed by atoms with Gasteiger partial charge < -0.3 is 10.6 Å². The minimum Gasteiger partial charge on any atom is -0.352 e. The van der Waals surface area contributed by atoms with Gasteiger partial charge in [-0.1, -0.05) is 0 Å². The van der Waals surface area contributed by atoms with Gasteiger partial charge >= 0.3 is 0 Å². The van der Waals surface area contributed by atoms with Crippen molar-refractivity contribution in [2.24, 2.45) is 5.73 Å². The van der Waals surface area contributed by atoms with Crippen molar-refractivity contribution >= 4 is 5.82 Å². The number of nitrogens with zero attached hydrogens (tertiary/aromatic N) is 4. The fourth-order valence-corrected chi connectivity index (χ4v) is 2.23. The van der Waals surface area contributed by atoms with Crippen LogP contribution in [-0.4, -0.2) is 47.3 Å². The van der Waals surface area contributed by atoms with Crippen molar-refractivity contribution in [2.45, 2.75) is 26.4 Å². The summed E-state index contributed by atoms with van der Waals surface area (Å²) in [4.78, 5) is 4.77. The molecule has 1 aliphatic heterocycles. The highest BCUT2D eigenvalue weighted by atomic mass is 15.3. The Morgan fingerprint density at radius 3 is 2.59 bits per heavy atom. The minimum atomic E-state index is 0.523. The van der Waals surface area contributed by atoms with Gasteiger partial charge in [-0.3, -0.25) is 4.90 Å². The van der Waals surface area contributed by atoms with Crippen LogP contribution in [0.2, 0.25) is 0 Å². The maximum atomic E-state index is 5.73. The quantitative estimate of drug-likeness (QED) is 0.825. The predicted molar refractivity (Wildman–Crippen MR) is 68.8 cm³/mol. The third-order valence-electron chi connectivity index (χ3n) is 3.35. The van der Waals surface area contributed by atoms with Crippen molar-refractivity contribution in [3.63, 3.8) is 0 Å². The van der Waals surface area contributed by atoms with Crippen molar-refractivity contribution in [3.8, 4) is 0 Å². The zero-order chi connectivity index (χ0) is 12.3. The zero-order valence-electron chi connectivity index (χ0n) is 10.6. The van der Waals surface area contributed by atoms with Gasteiger partial charge in [-0.15, -0.1) is 5.10 Å². The molecule has 1 aliphatic rings. The number of piperazine rings is 1. The van der Waals surface area contributed by atoms with E-state index in [1.54, 1.807) is 6.20 Å². The van der Waals surface area contributed by atoms with E-state index in [2.05, 4.69) is 33.8 Å². The molecular formula is C12H21N5. The average molecular weight is 235 g/mol. The van der Waals surface area contributed by atoms with Crippen molar-refractivity contribution in [2.75, 3.05) is 31.1 Å². The topological polar surface area (TPSA) is 58.3 Å². The summed E-state index contributed by atoms with van der Waals surface area (Å²) < 4.78 is 0. The maximum absolute atomic E-state index is 5.73. The lowest BCUT2D eigenvalue weighted by Crippen LogP contribution is -2.49. The monoisotopic (exact) mass is 235 g/mol. The fraction of sp³-hybridized carbons (Fsp3) is 0.667. The molecule has 0 spiro atoms. The van der Waals surface area contributed by atoms with Crippen LogP contribution in [0.5, 0.6) is 0 Å². The molecule has 0 bridgehead atoms. The van der Waals surface area contributed by atoms with Crippen LogP contribution >= 0.6 is 0 Å². The van der Waals surface area contributed by atoms with Crippen LogP contribution in [0.3, 0.4) is 0 Å². The van der Waals surface area contributed by atoms with Gasteiger partial charge in [0.15, 0.2) is 5.82 Å². The van der Waals surface area contributed by atoms with E-state index in [4.69, 9.17) is 5.73 Å². The molecule has 0 unspecified atom stereocenters. The first-order valence-corrected chi connectivity index (χ1v) is 6.22. The second-order valence-electron chi connectivity index (χ2n) is 4.70. The molecule has 94 valence electrons. The third kappa shape index (κ3) is 2.73. The summed E-state index contributed by atoms with van der Waals surface area (Å²) in [7, 11) is 0. The van der Waals surface area contributed by atoms with Crippen molar-refractivity contribution in [1.29, 1.82) is 0 Å². The first kappa shape index (κ1) is 12.3. The van der Waals surface area contributed by atoms with E-state index >= 15 is 0 Å². The van der Waals surface area contributed by atoms with Gasteiger partial charge in [-0.25, -0.2) is 0 Å². The van der Waals surface area contributed by atoms with Gasteiger partial charge in [-0.2, -0.15) is 5.10 Å². The summed E-state index contributed by atoms with van der Waals surface area (Å²) in [6.45, 7) is 9.17. The Kier molecular flexibility index (Phi) is 3.91. The van der Waals surface area contributed by atoms with Crippen LogP contribution in [0, 0.1) is 0 Å². The molecule has 2 heterocycles. The summed E-state index contributed by atoms with van der Waals surface area (Å²) in [5, 5.41) is 8.18. The molecule has 2 rings (SSSR count). The van der Waals surface area contributed by atoms with Gasteiger partial charge in [0.1, 0.15) is 0 Å². The van der Waals surface area contributed by atoms with Crippen molar-refractivity contribution < 1.29 is 0 Å². The fourth-order valence-electron chi connectivity index (χ4n) is 2.23. The van der Waals surface area contributed by atoms with Crippen molar-refractivity contribution in [3.05, 3.63) is 17.8 Å². The van der Waals surface area contributed by atoms with Crippen molar-refractivity contribution in [1.82, 2.24) is 15.1 Å². The Morgan fingerprint density at radius 2 is 2.00 bits per heavy atom. The normalized spacial score (nSPS) is 17.8. The number of anilines is 1. The molecular weight excluding hydrogens is 214 g/mol. The number of rotatable bonds is 3. The molecule has 5 nitrogen and oxygen atoms in total. The van der Waals surface area contributed by atoms with E-state index in [-0.39, 0.29) is 0 Å². The highest BCUT2D eigenvalue weighted by Gasteiger charge is 2.21. The lowest BCUT2D eigenvalue weighted by atomic mass is 10.2. The lowest BCUT2D eigenvalue weighted by Gasteiger charge is -2.37. The van der Waals surface area contributed by atoms with E-state index < -0.39 is 0 Å². The van der Waals surface area contributed by atoms with E-state index in [1.165, 1.54) is 0 Å². The second-order valence-corrected chi connectivity index (χ2v) is 4.70. The molecule has 0 saturated carbocycles. The number of hydrogen-bond acceptors (Lipinski definition) is 5. The molecule has 0 aliphatic carbocycles. The molecule has 1 aromatic heterocycles. The summed E-state index contributed by atoms with van der Waals surface area (Å²) in [6.07, 6.45) is 1.70. The molecule has 0 radical (unpaired) electrons. The lowest BCUT2D eigenvalue weighted by molar-refractivity contribution is 0.209. The molecule has 0 aromatic carbocycles. The highest BCUT2D eigenvalue weighted by molar-refractivity contribution is 5.45. The molecule has 5 heteroatoms. The van der Waals surface area contributed by atoms with Crippen LogP contribution in [0.15, 0.2) is 12.3 Å². The largest absolute Gasteiger partial charge is 0.352 e. The average Bonchev–Trinajstić information content (AvgIpc) is 2.39. The second kappa shape index (κ2) is 5.42. The Hall–Kier alpha value is -1.20. The van der Waals surface area contributed by atoms with Gasteiger partial charge in [0, 0.05) is 44.3 Å². The van der Waals surface area contributed by atoms with Crippen LogP contribution in [0.25, 0.3) is 0 Å². The number of hydrogen-bond donors (Lipinski definition) is 1. The summed E-state index contributed by atoms with van der Waals surface area (Å²) in [5.41, 5.74) is 6.81. The van der Waals surface area contributed by atoms with E-state index in [1.807, 2.05) is 6.07 Å². The summed E-state index contributed by atoms with van der Waals surface area (Å²) in [6, 6.07) is 2.57. The molecule has 1 aromatic rings. The summed E-state index contributed by atoms with van der Waals surface area (Å²) in [5.74, 6) is 0.957. The van der Waals surface area contributed by atoms with Gasteiger partial charge in [0.05, 0.1) is 6.20 Å². The zero-order valence-corrected chi connectivity index (χ0v) is 10.6. The first-order valence-electron chi connectivity index (χ1n) is 6.22. The van der Waals surface area contributed by atoms with Crippen LogP contribution in [-0.2, 0) is 6.54 Å². The molecule has 0 amide bonds. The summed E-state index contributed by atoms with van der Waals surface area (Å²) >= 11 is 0. The molecule has 0 atom stereocenters. The Balaban J connectivity index is 2.05. The Morgan fingerprint density at radius 1 is 1.29 bits per heavy atom. The van der Waals surface area contributed by atoms with E-state index in [0.717, 1.165) is 37.6 Å². The molecule has 1 saturated heterocycles. The Labute approximate surface area is 103 Å². The third-order valence-corrected chi connectivity index (χ3v) is 3.35. The van der Waals surface area contributed by atoms with Crippen LogP contribution in [0.4, 0.5) is 5.82 Å². The first-order chi connectivity index (χ1) is 8.22. The van der Waals surface area contributed by atoms with Crippen LogP contribution < -0.4 is 10.6 Å². The molecule has 17 heavy (non-hydrogen) atoms. The van der Waals surface area contributed by atoms with Crippen LogP contribution in [0.1, 0.15) is 19.4 Å². The van der Waals surface area contributed by atoms with E-state index in [9.17, 15) is 0 Å². The predicted octanol–water partition coefficient (Wildman–Crippen LogP) is 0.466. The highest BCUT2D eigenvalue weighted by Crippen LogP contribution is 2.18. The molecule has 2 N–H and O–H groups in total. The number of aromatic nitrogens is 2.